The number of carbonyl (C=O) groups is 1. The van der Waals surface area contributed by atoms with Crippen LogP contribution in [0.1, 0.15) is 42.6 Å². The molecular weight excluding hydrogens is 672 g/mol. The van der Waals surface area contributed by atoms with Gasteiger partial charge in [-0.15, -0.1) is 0 Å². The lowest BCUT2D eigenvalue weighted by Crippen LogP contribution is -2.33. The van der Waals surface area contributed by atoms with Gasteiger partial charge in [0.05, 0.1) is 51.9 Å². The summed E-state index contributed by atoms with van der Waals surface area (Å²) in [5, 5.41) is 0. The van der Waals surface area contributed by atoms with Gasteiger partial charge >= 0.3 is 0 Å². The van der Waals surface area contributed by atoms with E-state index in [9.17, 15) is 9.59 Å². The van der Waals surface area contributed by atoms with E-state index in [0.29, 0.717) is 66.8 Å². The van der Waals surface area contributed by atoms with Gasteiger partial charge in [-0.1, -0.05) is 36.4 Å². The molecule has 53 heavy (non-hydrogen) atoms. The van der Waals surface area contributed by atoms with Crippen molar-refractivity contribution >= 4 is 11.6 Å². The van der Waals surface area contributed by atoms with Crippen molar-refractivity contribution < 1.29 is 36.7 Å². The fraction of sp³-hybridized carbons (Fsp3) is 0.333. The van der Waals surface area contributed by atoms with Gasteiger partial charge in [0.1, 0.15) is 18.5 Å². The Labute approximate surface area is 317 Å². The lowest BCUT2D eigenvalue weighted by molar-refractivity contribution is -0.101. The molecule has 2 aromatic carbocycles. The number of hydrogen-bond donors (Lipinski definition) is 1. The van der Waals surface area contributed by atoms with Gasteiger partial charge < -0.3 is 34.0 Å². The van der Waals surface area contributed by atoms with E-state index in [1.54, 1.807) is 55.0 Å². The molecule has 11 heteroatoms. The Morgan fingerprint density at radius 3 is 2.57 bits per heavy atom. The van der Waals surface area contributed by atoms with Crippen molar-refractivity contribution in [1.82, 2.24) is 14.5 Å². The number of anilines is 1. The van der Waals surface area contributed by atoms with Gasteiger partial charge in [0.2, 0.25) is 5.43 Å². The number of nitrogen functional groups attached to an aromatic ring is 1. The van der Waals surface area contributed by atoms with Crippen molar-refractivity contribution in [1.29, 1.82) is 0 Å². The highest BCUT2D eigenvalue weighted by molar-refractivity contribution is 5.98. The number of pyridine rings is 3. The number of nitrogens with two attached hydrogens (primary N) is 1. The summed E-state index contributed by atoms with van der Waals surface area (Å²) in [5.41, 5.74) is 9.57. The van der Waals surface area contributed by atoms with E-state index in [4.69, 9.17) is 37.6 Å². The minimum absolute atomic E-state index is 0.0530. The molecule has 0 unspecified atom stereocenters. The fourth-order valence-corrected chi connectivity index (χ4v) is 6.40. The number of aryl methyl sites for hydroxylation is 1. The molecule has 0 bridgehead atoms. The molecule has 0 radical (unpaired) electrons. The smallest absolute Gasteiger partial charge is 0.201 e. The number of nitrogens with zero attached hydrogens (tertiary/aromatic N) is 3. The molecule has 11 nitrogen and oxygen atoms in total. The number of Topliss-reactive ketones (excluding diaryl/α,β-unsaturated/α-hetero) is 1. The zero-order valence-electron chi connectivity index (χ0n) is 35.4. The first-order valence-corrected chi connectivity index (χ1v) is 17.5. The van der Waals surface area contributed by atoms with E-state index in [1.165, 1.54) is 6.20 Å². The Morgan fingerprint density at radius 1 is 0.962 bits per heavy atom. The van der Waals surface area contributed by atoms with Crippen LogP contribution in [-0.2, 0) is 27.2 Å². The van der Waals surface area contributed by atoms with Gasteiger partial charge in [0, 0.05) is 62.1 Å². The van der Waals surface area contributed by atoms with Gasteiger partial charge in [-0.2, -0.15) is 0 Å². The highest BCUT2D eigenvalue weighted by atomic mass is 16.6. The molecule has 2 aliphatic rings. The second kappa shape index (κ2) is 16.5. The molecule has 2 saturated heterocycles. The van der Waals surface area contributed by atoms with Crippen molar-refractivity contribution in [2.75, 3.05) is 52.4 Å². The number of ketones is 1. The number of rotatable bonds is 12. The standard InChI is InChI=1S/C42H44N4O7/c1-27-3-9-37(44-20-27)35-23-46(22-29-11-13-50-14-12-29)24-36(41(35)48)38(47)17-28-4-6-30(7-5-28)34-18-32(21-45-42(34)43)31-8-10-39(40(19-31)49-2)53-26-33-25-51-15-16-52-33/h3-10,18-21,23-24,29,33H,11-17,22,25-26H2,1-2H3,(H2,43,45)/t33-/m1/s1/i2D3,8D,10D,19D. The zero-order valence-corrected chi connectivity index (χ0v) is 29.4. The highest BCUT2D eigenvalue weighted by Crippen LogP contribution is 2.35. The summed E-state index contributed by atoms with van der Waals surface area (Å²) in [6, 6.07) is 10.8. The maximum atomic E-state index is 13.9. The molecule has 5 heterocycles. The van der Waals surface area contributed by atoms with E-state index in [-0.39, 0.29) is 59.1 Å². The molecule has 1 atom stereocenters. The van der Waals surface area contributed by atoms with Crippen LogP contribution in [0.25, 0.3) is 33.5 Å². The Kier molecular flexibility index (Phi) is 9.09. The molecule has 3 aromatic heterocycles. The molecule has 2 fully saturated rings. The lowest BCUT2D eigenvalue weighted by atomic mass is 9.97. The normalized spacial score (nSPS) is 18.2. The molecule has 0 aliphatic carbocycles. The Morgan fingerprint density at radius 2 is 1.81 bits per heavy atom. The molecule has 0 saturated carbocycles. The first kappa shape index (κ1) is 29.1. The maximum absolute atomic E-state index is 13.9. The number of hydrogen-bond acceptors (Lipinski definition) is 10. The van der Waals surface area contributed by atoms with Crippen LogP contribution in [0.4, 0.5) is 5.82 Å². The second-order valence-electron chi connectivity index (χ2n) is 13.2. The Balaban J connectivity index is 1.16. The summed E-state index contributed by atoms with van der Waals surface area (Å²) in [6.45, 7) is 4.75. The van der Waals surface area contributed by atoms with E-state index in [1.807, 2.05) is 17.6 Å². The lowest BCUT2D eigenvalue weighted by Gasteiger charge is -2.23. The fourth-order valence-electron chi connectivity index (χ4n) is 6.40. The average molecular weight is 723 g/mol. The van der Waals surface area contributed by atoms with Crippen molar-refractivity contribution in [3.05, 3.63) is 112 Å². The maximum Gasteiger partial charge on any atom is 0.201 e. The summed E-state index contributed by atoms with van der Waals surface area (Å²) < 4.78 is 79.2. The van der Waals surface area contributed by atoms with Crippen molar-refractivity contribution in [2.45, 2.75) is 38.8 Å². The summed E-state index contributed by atoms with van der Waals surface area (Å²) in [6.07, 6.45) is 7.66. The summed E-state index contributed by atoms with van der Waals surface area (Å²) in [5.74, 6) is -0.779. The third-order valence-electron chi connectivity index (χ3n) is 9.36. The predicted octanol–water partition coefficient (Wildman–Crippen LogP) is 6.18. The van der Waals surface area contributed by atoms with Gasteiger partial charge in [0.25, 0.3) is 0 Å². The molecule has 2 aliphatic heterocycles. The minimum atomic E-state index is -3.00. The molecule has 0 amide bonds. The monoisotopic (exact) mass is 722 g/mol. The molecule has 2 N–H and O–H groups in total. The van der Waals surface area contributed by atoms with Crippen LogP contribution in [0.3, 0.4) is 0 Å². The largest absolute Gasteiger partial charge is 0.493 e. The first-order valence-electron chi connectivity index (χ1n) is 20.5. The summed E-state index contributed by atoms with van der Waals surface area (Å²) >= 11 is 0. The molecule has 7 rings (SSSR count). The molecule has 5 aromatic rings. The minimum Gasteiger partial charge on any atom is -0.493 e. The van der Waals surface area contributed by atoms with Gasteiger partial charge in [-0.3, -0.25) is 14.6 Å². The van der Waals surface area contributed by atoms with E-state index < -0.39 is 37.0 Å². The van der Waals surface area contributed by atoms with E-state index in [2.05, 4.69) is 9.97 Å². The topological polar surface area (TPSA) is 137 Å². The number of carbonyl (C=O) groups excluding carboxylic acids is 1. The van der Waals surface area contributed by atoms with Crippen LogP contribution in [-0.4, -0.2) is 73.1 Å². The molecular formula is C42H44N4O7. The Hall–Kier alpha value is -5.36. The van der Waals surface area contributed by atoms with Gasteiger partial charge in [0.15, 0.2) is 17.3 Å². The van der Waals surface area contributed by atoms with Gasteiger partial charge in [-0.05, 0) is 72.2 Å². The predicted molar refractivity (Wildman–Crippen MR) is 202 cm³/mol. The van der Waals surface area contributed by atoms with Crippen molar-refractivity contribution in [2.24, 2.45) is 5.92 Å². The van der Waals surface area contributed by atoms with Crippen LogP contribution in [0, 0.1) is 12.8 Å². The van der Waals surface area contributed by atoms with Crippen LogP contribution >= 0.6 is 0 Å². The Bertz CT molecular complexity index is 2380. The number of methoxy groups -OCH3 is 1. The quantitative estimate of drug-likeness (QED) is 0.149. The SMILES string of the molecule is [2H]c1c([2H])c(-c2cnc(N)c(-c3ccc(CC(=O)c4cn(CC5CCOCC5)cc(-c5ccc(C)cn5)c4=O)cc3)c2)c([2H])c(OC([2H])([2H])[2H])c1OC[C@H]1COCCO1. The van der Waals surface area contributed by atoms with Crippen LogP contribution in [0.2, 0.25) is 0 Å². The van der Waals surface area contributed by atoms with Crippen LogP contribution in [0.5, 0.6) is 11.5 Å². The number of ether oxygens (including phenoxy) is 5. The second-order valence-corrected chi connectivity index (χ2v) is 13.2. The van der Waals surface area contributed by atoms with Gasteiger partial charge in [-0.25, -0.2) is 4.98 Å². The third kappa shape index (κ3) is 8.65. The molecule has 0 spiro atoms. The first-order chi connectivity index (χ1) is 28.3. The number of aromatic nitrogens is 3. The zero-order chi connectivity index (χ0) is 41.8. The van der Waals surface area contributed by atoms with Crippen molar-refractivity contribution in [3.63, 3.8) is 0 Å². The van der Waals surface area contributed by atoms with Crippen LogP contribution in [0.15, 0.2) is 90.2 Å². The third-order valence-corrected chi connectivity index (χ3v) is 9.36. The molecule has 274 valence electrons. The van der Waals surface area contributed by atoms with E-state index in [0.717, 1.165) is 18.4 Å². The summed E-state index contributed by atoms with van der Waals surface area (Å²) in [4.78, 5) is 36.5. The highest BCUT2D eigenvalue weighted by Gasteiger charge is 2.21. The van der Waals surface area contributed by atoms with E-state index >= 15 is 0 Å². The average Bonchev–Trinajstić information content (AvgIpc) is 3.22. The van der Waals surface area contributed by atoms with Crippen LogP contribution < -0.4 is 20.6 Å². The van der Waals surface area contributed by atoms with Crippen molar-refractivity contribution in [3.8, 4) is 45.0 Å². The summed E-state index contributed by atoms with van der Waals surface area (Å²) in [7, 11) is -3.00. The number of benzene rings is 2.